The van der Waals surface area contributed by atoms with Crippen LogP contribution >= 0.6 is 0 Å². The minimum atomic E-state index is -3.77. The highest BCUT2D eigenvalue weighted by Gasteiger charge is 2.17. The summed E-state index contributed by atoms with van der Waals surface area (Å²) in [5.74, 6) is -1.15. The molecule has 5 nitrogen and oxygen atoms in total. The number of nitrogens with one attached hydrogen (secondary N) is 1. The minimum Gasteiger partial charge on any atom is -0.478 e. The number of aromatic carboxylic acids is 1. The topological polar surface area (TPSA) is 83.5 Å². The van der Waals surface area contributed by atoms with Gasteiger partial charge < -0.3 is 5.11 Å². The summed E-state index contributed by atoms with van der Waals surface area (Å²) in [4.78, 5) is 11.2. The average Bonchev–Trinajstić information content (AvgIpc) is 2.69. The molecule has 29 heavy (non-hydrogen) atoms. The van der Waals surface area contributed by atoms with Gasteiger partial charge in [-0.3, -0.25) is 0 Å². The van der Waals surface area contributed by atoms with E-state index < -0.39 is 16.0 Å². The highest BCUT2D eigenvalue weighted by Crippen LogP contribution is 2.20. The highest BCUT2D eigenvalue weighted by atomic mass is 32.2. The van der Waals surface area contributed by atoms with Crippen molar-refractivity contribution in [3.05, 3.63) is 89.0 Å². The zero-order chi connectivity index (χ0) is 21.0. The van der Waals surface area contributed by atoms with Gasteiger partial charge in [-0.15, -0.1) is 0 Å². The van der Waals surface area contributed by atoms with Crippen LogP contribution in [-0.2, 0) is 16.4 Å². The van der Waals surface area contributed by atoms with E-state index in [4.69, 9.17) is 0 Å². The normalized spacial score (nSPS) is 11.4. The van der Waals surface area contributed by atoms with Gasteiger partial charge in [0.2, 0.25) is 10.0 Å². The Labute approximate surface area is 171 Å². The molecule has 0 aromatic heterocycles. The van der Waals surface area contributed by atoms with Crippen LogP contribution in [0.15, 0.2) is 71.6 Å². The Morgan fingerprint density at radius 2 is 1.48 bits per heavy atom. The maximum Gasteiger partial charge on any atom is 0.335 e. The predicted molar refractivity (Wildman–Crippen MR) is 114 cm³/mol. The first-order valence-electron chi connectivity index (χ1n) is 9.26. The van der Waals surface area contributed by atoms with E-state index in [-0.39, 0.29) is 17.0 Å². The van der Waals surface area contributed by atoms with E-state index in [1.807, 2.05) is 31.2 Å². The number of aryl methyl sites for hydroxylation is 2. The Morgan fingerprint density at radius 3 is 2.07 bits per heavy atom. The van der Waals surface area contributed by atoms with Crippen LogP contribution in [0.4, 0.5) is 0 Å². The summed E-state index contributed by atoms with van der Waals surface area (Å²) in [7, 11) is -3.77. The molecular weight excluding hydrogens is 386 g/mol. The van der Waals surface area contributed by atoms with Crippen molar-refractivity contribution < 1.29 is 18.3 Å². The van der Waals surface area contributed by atoms with E-state index in [1.165, 1.54) is 23.8 Å². The number of benzene rings is 3. The summed E-state index contributed by atoms with van der Waals surface area (Å²) >= 11 is 0. The Morgan fingerprint density at radius 1 is 0.897 bits per heavy atom. The zero-order valence-electron chi connectivity index (χ0n) is 16.3. The van der Waals surface area contributed by atoms with E-state index in [2.05, 4.69) is 29.0 Å². The molecule has 3 aromatic rings. The molecule has 0 unspecified atom stereocenters. The van der Waals surface area contributed by atoms with E-state index >= 15 is 0 Å². The van der Waals surface area contributed by atoms with Crippen LogP contribution in [0.3, 0.4) is 0 Å². The van der Waals surface area contributed by atoms with Crippen molar-refractivity contribution in [2.24, 2.45) is 0 Å². The fraction of sp³-hybridized carbons (Fsp3) is 0.174. The summed E-state index contributed by atoms with van der Waals surface area (Å²) in [5, 5.41) is 9.18. The second-order valence-electron chi connectivity index (χ2n) is 6.99. The lowest BCUT2D eigenvalue weighted by atomic mass is 10.0. The number of hydrogen-bond donors (Lipinski definition) is 2. The molecular formula is C23H23NO4S. The molecule has 0 saturated heterocycles. The first-order chi connectivity index (χ1) is 13.8. The number of carboxylic acids is 1. The third kappa shape index (κ3) is 5.10. The monoisotopic (exact) mass is 409 g/mol. The summed E-state index contributed by atoms with van der Waals surface area (Å²) in [5.41, 5.74) is 4.97. The molecule has 0 bridgehead atoms. The highest BCUT2D eigenvalue weighted by molar-refractivity contribution is 7.89. The Kier molecular flexibility index (Phi) is 6.15. The third-order valence-electron chi connectivity index (χ3n) is 4.79. The van der Waals surface area contributed by atoms with Gasteiger partial charge in [-0.25, -0.2) is 17.9 Å². The molecule has 3 aromatic carbocycles. The number of hydrogen-bond acceptors (Lipinski definition) is 3. The molecule has 3 rings (SSSR count). The fourth-order valence-electron chi connectivity index (χ4n) is 3.02. The van der Waals surface area contributed by atoms with E-state index in [0.29, 0.717) is 12.0 Å². The lowest BCUT2D eigenvalue weighted by molar-refractivity contribution is 0.0696. The van der Waals surface area contributed by atoms with E-state index in [1.54, 1.807) is 6.92 Å². The lowest BCUT2D eigenvalue weighted by Crippen LogP contribution is -2.26. The van der Waals surface area contributed by atoms with Crippen LogP contribution in [-0.4, -0.2) is 26.0 Å². The van der Waals surface area contributed by atoms with Crippen LogP contribution in [0.25, 0.3) is 11.1 Å². The van der Waals surface area contributed by atoms with Gasteiger partial charge in [-0.1, -0.05) is 60.2 Å². The number of sulfonamides is 1. The predicted octanol–water partition coefficient (Wildman–Crippen LogP) is 4.19. The van der Waals surface area contributed by atoms with Crippen LogP contribution in [0.5, 0.6) is 0 Å². The summed E-state index contributed by atoms with van der Waals surface area (Å²) < 4.78 is 27.5. The molecule has 0 saturated carbocycles. The van der Waals surface area contributed by atoms with Crippen molar-refractivity contribution in [1.82, 2.24) is 4.72 Å². The van der Waals surface area contributed by atoms with Crippen molar-refractivity contribution in [1.29, 1.82) is 0 Å². The van der Waals surface area contributed by atoms with Gasteiger partial charge in [0.05, 0.1) is 10.5 Å². The number of carbonyl (C=O) groups is 1. The zero-order valence-corrected chi connectivity index (χ0v) is 17.2. The Hall–Kier alpha value is -2.96. The molecule has 2 N–H and O–H groups in total. The van der Waals surface area contributed by atoms with Crippen LogP contribution < -0.4 is 4.72 Å². The molecule has 150 valence electrons. The average molecular weight is 410 g/mol. The molecule has 0 fully saturated rings. The van der Waals surface area contributed by atoms with Gasteiger partial charge in [0.15, 0.2) is 0 Å². The van der Waals surface area contributed by atoms with Gasteiger partial charge in [-0.05, 0) is 54.7 Å². The second kappa shape index (κ2) is 8.59. The lowest BCUT2D eigenvalue weighted by Gasteiger charge is -2.09. The summed E-state index contributed by atoms with van der Waals surface area (Å²) in [6, 6.07) is 20.4. The Balaban J connectivity index is 1.64. The SMILES string of the molecule is Cc1ccc(-c2ccc(CCNS(=O)(=O)c3ccc(C)c(C(=O)O)c3)cc2)cc1. The van der Waals surface area contributed by atoms with Gasteiger partial charge in [-0.2, -0.15) is 0 Å². The Bertz CT molecular complexity index is 1120. The summed E-state index contributed by atoms with van der Waals surface area (Å²) in [6.45, 7) is 3.91. The molecule has 0 amide bonds. The smallest absolute Gasteiger partial charge is 0.335 e. The maximum absolute atomic E-state index is 12.5. The van der Waals surface area contributed by atoms with Gasteiger partial charge in [0.1, 0.15) is 0 Å². The van der Waals surface area contributed by atoms with Gasteiger partial charge >= 0.3 is 5.97 Å². The second-order valence-corrected chi connectivity index (χ2v) is 8.76. The van der Waals surface area contributed by atoms with Crippen molar-refractivity contribution in [2.75, 3.05) is 6.54 Å². The van der Waals surface area contributed by atoms with Crippen molar-refractivity contribution in [2.45, 2.75) is 25.2 Å². The molecule has 0 aliphatic rings. The van der Waals surface area contributed by atoms with Gasteiger partial charge in [0, 0.05) is 6.54 Å². The van der Waals surface area contributed by atoms with E-state index in [9.17, 15) is 18.3 Å². The molecule has 6 heteroatoms. The van der Waals surface area contributed by atoms with Crippen LogP contribution in [0, 0.1) is 13.8 Å². The van der Waals surface area contributed by atoms with Crippen LogP contribution in [0.1, 0.15) is 27.0 Å². The largest absolute Gasteiger partial charge is 0.478 e. The molecule has 0 aliphatic carbocycles. The first kappa shape index (κ1) is 20.8. The fourth-order valence-corrected chi connectivity index (χ4v) is 4.08. The van der Waals surface area contributed by atoms with Crippen molar-refractivity contribution >= 4 is 16.0 Å². The standard InChI is InChI=1S/C23H23NO4S/c1-16-3-8-19(9-4-16)20-10-6-18(7-11-20)13-14-24-29(27,28)21-12-5-17(2)22(15-21)23(25)26/h3-12,15,24H,13-14H2,1-2H3,(H,25,26). The minimum absolute atomic E-state index is 0.0143. The molecule has 0 radical (unpaired) electrons. The first-order valence-corrected chi connectivity index (χ1v) is 10.7. The maximum atomic E-state index is 12.5. The van der Waals surface area contributed by atoms with Crippen molar-refractivity contribution in [3.8, 4) is 11.1 Å². The summed E-state index contributed by atoms with van der Waals surface area (Å²) in [6.07, 6.45) is 0.533. The third-order valence-corrected chi connectivity index (χ3v) is 6.25. The quantitative estimate of drug-likeness (QED) is 0.613. The molecule has 0 atom stereocenters. The van der Waals surface area contributed by atoms with Crippen molar-refractivity contribution in [3.63, 3.8) is 0 Å². The van der Waals surface area contributed by atoms with E-state index in [0.717, 1.165) is 16.7 Å². The molecule has 0 spiro atoms. The van der Waals surface area contributed by atoms with Crippen LogP contribution in [0.2, 0.25) is 0 Å². The molecule has 0 heterocycles. The van der Waals surface area contributed by atoms with Gasteiger partial charge in [0.25, 0.3) is 0 Å². The number of rotatable bonds is 7. The molecule has 0 aliphatic heterocycles. The number of carboxylic acid groups (broad SMARTS) is 1.